The second kappa shape index (κ2) is 9.05. The molecule has 152 valence electrons. The molecule has 0 aromatic heterocycles. The third-order valence-electron chi connectivity index (χ3n) is 6.24. The van der Waals surface area contributed by atoms with E-state index in [4.69, 9.17) is 4.74 Å². The summed E-state index contributed by atoms with van der Waals surface area (Å²) in [6.45, 7) is 5.31. The molecule has 1 aromatic rings. The van der Waals surface area contributed by atoms with Crippen molar-refractivity contribution in [1.29, 1.82) is 0 Å². The minimum absolute atomic E-state index is 0.0179. The first-order valence-electron chi connectivity index (χ1n) is 10.7. The normalized spacial score (nSPS) is 22.6. The minimum atomic E-state index is 0.0179. The van der Waals surface area contributed by atoms with Gasteiger partial charge < -0.3 is 15.0 Å². The molecule has 3 aliphatic rings. The van der Waals surface area contributed by atoms with E-state index in [2.05, 4.69) is 34.5 Å². The van der Waals surface area contributed by atoms with Crippen LogP contribution in [0.2, 0.25) is 0 Å². The second-order valence-corrected chi connectivity index (χ2v) is 8.19. The first-order chi connectivity index (χ1) is 13.7. The van der Waals surface area contributed by atoms with Crippen LogP contribution in [0.3, 0.4) is 0 Å². The summed E-state index contributed by atoms with van der Waals surface area (Å²) in [5.74, 6) is 0.720. The minimum Gasteiger partial charge on any atom is -0.379 e. The molecule has 6 nitrogen and oxygen atoms in total. The lowest BCUT2D eigenvalue weighted by Crippen LogP contribution is -2.47. The summed E-state index contributed by atoms with van der Waals surface area (Å²) in [7, 11) is 0. The van der Waals surface area contributed by atoms with Crippen molar-refractivity contribution in [3.05, 3.63) is 35.9 Å². The van der Waals surface area contributed by atoms with Gasteiger partial charge >= 0.3 is 0 Å². The van der Waals surface area contributed by atoms with Crippen LogP contribution in [0.25, 0.3) is 0 Å². The monoisotopic (exact) mass is 385 g/mol. The predicted octanol–water partition coefficient (Wildman–Crippen LogP) is 1.82. The summed E-state index contributed by atoms with van der Waals surface area (Å²) in [5, 5.41) is 3.20. The van der Waals surface area contributed by atoms with E-state index < -0.39 is 0 Å². The number of hydrogen-bond donors (Lipinski definition) is 1. The van der Waals surface area contributed by atoms with Crippen LogP contribution in [-0.2, 0) is 14.3 Å². The van der Waals surface area contributed by atoms with Crippen molar-refractivity contribution in [3.8, 4) is 0 Å². The number of ether oxygens (including phenoxy) is 1. The number of carbonyl (C=O) groups excluding carboxylic acids is 2. The molecular formula is C22H31N3O3. The number of morpholine rings is 1. The molecule has 1 aliphatic carbocycles. The first-order valence-corrected chi connectivity index (χ1v) is 10.7. The van der Waals surface area contributed by atoms with Gasteiger partial charge in [0.05, 0.1) is 19.3 Å². The van der Waals surface area contributed by atoms with E-state index in [9.17, 15) is 9.59 Å². The highest BCUT2D eigenvalue weighted by Gasteiger charge is 2.36. The maximum Gasteiger partial charge on any atom is 0.225 e. The molecule has 1 aromatic carbocycles. The third-order valence-corrected chi connectivity index (χ3v) is 6.24. The molecule has 0 bridgehead atoms. The lowest BCUT2D eigenvalue weighted by atomic mass is 9.95. The fourth-order valence-electron chi connectivity index (χ4n) is 4.31. The Morgan fingerprint density at radius 3 is 2.29 bits per heavy atom. The molecule has 28 heavy (non-hydrogen) atoms. The van der Waals surface area contributed by atoms with E-state index in [1.807, 2.05) is 11.0 Å². The van der Waals surface area contributed by atoms with Gasteiger partial charge in [-0.3, -0.25) is 14.5 Å². The van der Waals surface area contributed by atoms with Crippen molar-refractivity contribution in [3.63, 3.8) is 0 Å². The average Bonchev–Trinajstić information content (AvgIpc) is 3.60. The van der Waals surface area contributed by atoms with Gasteiger partial charge in [0.25, 0.3) is 0 Å². The maximum absolute atomic E-state index is 12.8. The van der Waals surface area contributed by atoms with Crippen LogP contribution < -0.4 is 5.32 Å². The Bertz CT molecular complexity index is 663. The van der Waals surface area contributed by atoms with Gasteiger partial charge in [0.2, 0.25) is 11.8 Å². The summed E-state index contributed by atoms with van der Waals surface area (Å²) >= 11 is 0. The molecule has 3 fully saturated rings. The highest BCUT2D eigenvalue weighted by molar-refractivity contribution is 5.82. The van der Waals surface area contributed by atoms with Crippen LogP contribution in [0.1, 0.15) is 37.3 Å². The number of amides is 2. The summed E-state index contributed by atoms with van der Waals surface area (Å²) in [6.07, 6.45) is 3.64. The van der Waals surface area contributed by atoms with Crippen molar-refractivity contribution >= 4 is 11.8 Å². The number of nitrogens with one attached hydrogen (secondary N) is 1. The standard InChI is InChI=1S/C22H31N3O3/c26-21(18-8-10-25(11-9-18)22(27)19-6-7-19)23-16-20(17-4-2-1-3-5-17)24-12-14-28-15-13-24/h1-5,18-20H,6-16H2,(H,23,26). The van der Waals surface area contributed by atoms with Crippen LogP contribution in [0.4, 0.5) is 0 Å². The van der Waals surface area contributed by atoms with Gasteiger partial charge in [0, 0.05) is 44.6 Å². The fraction of sp³-hybridized carbons (Fsp3) is 0.636. The topological polar surface area (TPSA) is 61.9 Å². The molecule has 2 saturated heterocycles. The Kier molecular flexibility index (Phi) is 6.27. The van der Waals surface area contributed by atoms with Gasteiger partial charge in [-0.15, -0.1) is 0 Å². The quantitative estimate of drug-likeness (QED) is 0.812. The molecular weight excluding hydrogens is 354 g/mol. The Balaban J connectivity index is 1.30. The van der Waals surface area contributed by atoms with E-state index in [-0.39, 0.29) is 23.8 Å². The summed E-state index contributed by atoms with van der Waals surface area (Å²) in [5.41, 5.74) is 1.23. The number of nitrogens with zero attached hydrogens (tertiary/aromatic N) is 2. The Morgan fingerprint density at radius 2 is 1.64 bits per heavy atom. The van der Waals surface area contributed by atoms with Gasteiger partial charge in [-0.1, -0.05) is 30.3 Å². The molecule has 1 N–H and O–H groups in total. The zero-order valence-corrected chi connectivity index (χ0v) is 16.5. The summed E-state index contributed by atoms with van der Waals surface area (Å²) in [6, 6.07) is 10.6. The number of hydrogen-bond acceptors (Lipinski definition) is 4. The van der Waals surface area contributed by atoms with Gasteiger partial charge in [-0.2, -0.15) is 0 Å². The molecule has 0 radical (unpaired) electrons. The largest absolute Gasteiger partial charge is 0.379 e. The smallest absolute Gasteiger partial charge is 0.225 e. The Hall–Kier alpha value is -1.92. The molecule has 6 heteroatoms. The number of piperidine rings is 1. The van der Waals surface area contributed by atoms with Gasteiger partial charge in [0.1, 0.15) is 0 Å². The molecule has 0 spiro atoms. The summed E-state index contributed by atoms with van der Waals surface area (Å²) < 4.78 is 5.50. The molecule has 2 aliphatic heterocycles. The molecule has 1 saturated carbocycles. The van der Waals surface area contributed by atoms with E-state index in [1.165, 1.54) is 5.56 Å². The molecule has 1 atom stereocenters. The van der Waals surface area contributed by atoms with Crippen molar-refractivity contribution in [2.45, 2.75) is 31.7 Å². The average molecular weight is 386 g/mol. The van der Waals surface area contributed by atoms with E-state index >= 15 is 0 Å². The van der Waals surface area contributed by atoms with Crippen LogP contribution in [0, 0.1) is 11.8 Å². The molecule has 2 amide bonds. The van der Waals surface area contributed by atoms with Crippen LogP contribution in [0.5, 0.6) is 0 Å². The van der Waals surface area contributed by atoms with Crippen molar-refractivity contribution in [1.82, 2.24) is 15.1 Å². The van der Waals surface area contributed by atoms with Crippen LogP contribution in [-0.4, -0.2) is 67.6 Å². The van der Waals surface area contributed by atoms with Crippen molar-refractivity contribution < 1.29 is 14.3 Å². The SMILES string of the molecule is O=C(NCC(c1ccccc1)N1CCOCC1)C1CCN(C(=O)C2CC2)CC1. The highest BCUT2D eigenvalue weighted by atomic mass is 16.5. The first kappa shape index (κ1) is 19.4. The maximum atomic E-state index is 12.8. The van der Waals surface area contributed by atoms with E-state index in [1.54, 1.807) is 0 Å². The van der Waals surface area contributed by atoms with Gasteiger partial charge in [-0.05, 0) is 31.2 Å². The lowest BCUT2D eigenvalue weighted by Gasteiger charge is -2.36. The van der Waals surface area contributed by atoms with Crippen LogP contribution >= 0.6 is 0 Å². The van der Waals surface area contributed by atoms with Crippen molar-refractivity contribution in [2.24, 2.45) is 11.8 Å². The Morgan fingerprint density at radius 1 is 0.964 bits per heavy atom. The molecule has 4 rings (SSSR count). The van der Waals surface area contributed by atoms with Gasteiger partial charge in [-0.25, -0.2) is 0 Å². The van der Waals surface area contributed by atoms with E-state index in [0.29, 0.717) is 12.5 Å². The van der Waals surface area contributed by atoms with Crippen LogP contribution in [0.15, 0.2) is 30.3 Å². The lowest BCUT2D eigenvalue weighted by molar-refractivity contribution is -0.136. The number of carbonyl (C=O) groups is 2. The fourth-order valence-corrected chi connectivity index (χ4v) is 4.31. The zero-order chi connectivity index (χ0) is 19.3. The number of benzene rings is 1. The van der Waals surface area contributed by atoms with Gasteiger partial charge in [0.15, 0.2) is 0 Å². The molecule has 2 heterocycles. The number of likely N-dealkylation sites (tertiary alicyclic amines) is 1. The third kappa shape index (κ3) is 4.73. The molecule has 1 unspecified atom stereocenters. The van der Waals surface area contributed by atoms with Crippen molar-refractivity contribution in [2.75, 3.05) is 45.9 Å². The summed E-state index contributed by atoms with van der Waals surface area (Å²) in [4.78, 5) is 29.3. The second-order valence-electron chi connectivity index (χ2n) is 8.19. The zero-order valence-electron chi connectivity index (χ0n) is 16.5. The number of rotatable bonds is 6. The highest BCUT2D eigenvalue weighted by Crippen LogP contribution is 2.32. The van der Waals surface area contributed by atoms with E-state index in [0.717, 1.165) is 65.1 Å². The Labute approximate surface area is 167 Å². The predicted molar refractivity (Wildman–Crippen MR) is 107 cm³/mol.